The third kappa shape index (κ3) is 2.50. The maximum absolute atomic E-state index is 13.5. The van der Waals surface area contributed by atoms with E-state index in [1.54, 1.807) is 0 Å². The van der Waals surface area contributed by atoms with Crippen molar-refractivity contribution in [3.8, 4) is 0 Å². The Morgan fingerprint density at radius 2 is 2.06 bits per heavy atom. The van der Waals surface area contributed by atoms with E-state index in [1.165, 1.54) is 0 Å². The number of hydrogen-bond donors (Lipinski definition) is 1. The summed E-state index contributed by atoms with van der Waals surface area (Å²) in [6.07, 6.45) is 0.649. The molecule has 1 aromatic rings. The molecule has 2 rings (SSSR count). The minimum absolute atomic E-state index is 0.166. The number of benzene rings is 1. The predicted molar refractivity (Wildman–Crippen MR) is 55.9 cm³/mol. The van der Waals surface area contributed by atoms with Gasteiger partial charge in [-0.1, -0.05) is 0 Å². The van der Waals surface area contributed by atoms with Gasteiger partial charge in [-0.25, -0.2) is 8.78 Å². The zero-order chi connectivity index (χ0) is 12.4. The van der Waals surface area contributed by atoms with Gasteiger partial charge in [0.1, 0.15) is 5.69 Å². The Balaban J connectivity index is 2.24. The van der Waals surface area contributed by atoms with Crippen LogP contribution in [0, 0.1) is 21.7 Å². The van der Waals surface area contributed by atoms with Crippen molar-refractivity contribution >= 4 is 11.4 Å². The van der Waals surface area contributed by atoms with Crippen molar-refractivity contribution < 1.29 is 18.4 Å². The molecule has 17 heavy (non-hydrogen) atoms. The fourth-order valence-electron chi connectivity index (χ4n) is 1.66. The lowest BCUT2D eigenvalue weighted by atomic mass is 10.2. The van der Waals surface area contributed by atoms with Gasteiger partial charge in [0.15, 0.2) is 11.6 Å². The number of ether oxygens (including phenoxy) is 1. The zero-order valence-electron chi connectivity index (χ0n) is 8.78. The summed E-state index contributed by atoms with van der Waals surface area (Å²) in [6, 6.07) is 1.23. The van der Waals surface area contributed by atoms with Crippen LogP contribution < -0.4 is 5.32 Å². The molecule has 1 fully saturated rings. The first-order chi connectivity index (χ1) is 8.08. The second kappa shape index (κ2) is 4.62. The van der Waals surface area contributed by atoms with E-state index in [0.717, 1.165) is 0 Å². The first-order valence-electron chi connectivity index (χ1n) is 5.05. The topological polar surface area (TPSA) is 64.4 Å². The lowest BCUT2D eigenvalue weighted by Crippen LogP contribution is -2.20. The Labute approximate surface area is 95.5 Å². The first-order valence-corrected chi connectivity index (χ1v) is 5.05. The van der Waals surface area contributed by atoms with Gasteiger partial charge in [-0.15, -0.1) is 0 Å². The minimum Gasteiger partial charge on any atom is -0.379 e. The van der Waals surface area contributed by atoms with Crippen molar-refractivity contribution in [2.24, 2.45) is 0 Å². The minimum atomic E-state index is -0.969. The van der Waals surface area contributed by atoms with Gasteiger partial charge in [0, 0.05) is 6.61 Å². The Hall–Kier alpha value is -1.76. The van der Waals surface area contributed by atoms with Gasteiger partial charge in [-0.3, -0.25) is 10.1 Å². The van der Waals surface area contributed by atoms with Crippen LogP contribution in [0.15, 0.2) is 12.1 Å². The smallest absolute Gasteiger partial charge is 0.275 e. The van der Waals surface area contributed by atoms with Crippen LogP contribution in [0.2, 0.25) is 0 Å². The van der Waals surface area contributed by atoms with Crippen LogP contribution in [-0.4, -0.2) is 24.2 Å². The fourth-order valence-corrected chi connectivity index (χ4v) is 1.66. The first kappa shape index (κ1) is 11.7. The molecule has 0 amide bonds. The van der Waals surface area contributed by atoms with E-state index in [9.17, 15) is 18.9 Å². The van der Waals surface area contributed by atoms with E-state index >= 15 is 0 Å². The standard InChI is InChI=1S/C10H10F2N2O3/c11-8-3-7(14(15)16)4-9(12)10(8)13-6-1-2-17-5-6/h3-4,6,13H,1-2,5H2. The molecule has 1 unspecified atom stereocenters. The highest BCUT2D eigenvalue weighted by Gasteiger charge is 2.21. The van der Waals surface area contributed by atoms with E-state index in [4.69, 9.17) is 4.74 Å². The molecular formula is C10H10F2N2O3. The van der Waals surface area contributed by atoms with Crippen molar-refractivity contribution in [1.82, 2.24) is 0 Å². The summed E-state index contributed by atoms with van der Waals surface area (Å²) < 4.78 is 32.0. The van der Waals surface area contributed by atoms with E-state index in [-0.39, 0.29) is 11.7 Å². The second-order valence-corrected chi connectivity index (χ2v) is 3.75. The van der Waals surface area contributed by atoms with Crippen molar-refractivity contribution in [1.29, 1.82) is 0 Å². The number of hydrogen-bond acceptors (Lipinski definition) is 4. The molecule has 92 valence electrons. The van der Waals surface area contributed by atoms with E-state index in [1.807, 2.05) is 0 Å². The predicted octanol–water partition coefficient (Wildman–Crippen LogP) is 2.07. The van der Waals surface area contributed by atoms with Gasteiger partial charge < -0.3 is 10.1 Å². The molecular weight excluding hydrogens is 234 g/mol. The van der Waals surface area contributed by atoms with Crippen LogP contribution in [0.4, 0.5) is 20.2 Å². The average Bonchev–Trinajstić information content (AvgIpc) is 2.75. The molecule has 1 aromatic carbocycles. The summed E-state index contributed by atoms with van der Waals surface area (Å²) in [5.74, 6) is -1.94. The van der Waals surface area contributed by atoms with Gasteiger partial charge in [0.2, 0.25) is 0 Å². The van der Waals surface area contributed by atoms with Crippen LogP contribution in [0.1, 0.15) is 6.42 Å². The van der Waals surface area contributed by atoms with Crippen LogP contribution in [-0.2, 0) is 4.74 Å². The molecule has 0 radical (unpaired) electrons. The second-order valence-electron chi connectivity index (χ2n) is 3.75. The van der Waals surface area contributed by atoms with E-state index < -0.39 is 22.2 Å². The van der Waals surface area contributed by atoms with Crippen molar-refractivity contribution in [3.05, 3.63) is 33.9 Å². The summed E-state index contributed by atoms with van der Waals surface area (Å²) >= 11 is 0. The number of anilines is 1. The van der Waals surface area contributed by atoms with Crippen molar-refractivity contribution in [2.75, 3.05) is 18.5 Å². The van der Waals surface area contributed by atoms with Gasteiger partial charge in [0.25, 0.3) is 5.69 Å². The Kier molecular flexibility index (Phi) is 3.19. The van der Waals surface area contributed by atoms with Crippen molar-refractivity contribution in [3.63, 3.8) is 0 Å². The SMILES string of the molecule is O=[N+]([O-])c1cc(F)c(NC2CCOC2)c(F)c1. The molecule has 0 spiro atoms. The summed E-state index contributed by atoms with van der Waals surface area (Å²) in [5.41, 5.74) is -0.945. The Bertz CT molecular complexity index is 424. The van der Waals surface area contributed by atoms with Crippen LogP contribution in [0.3, 0.4) is 0 Å². The fraction of sp³-hybridized carbons (Fsp3) is 0.400. The summed E-state index contributed by atoms with van der Waals surface area (Å²) in [7, 11) is 0. The normalized spacial score (nSPS) is 19.3. The van der Waals surface area contributed by atoms with E-state index in [2.05, 4.69) is 5.32 Å². The number of rotatable bonds is 3. The highest BCUT2D eigenvalue weighted by Crippen LogP contribution is 2.26. The molecule has 1 N–H and O–H groups in total. The Morgan fingerprint density at radius 1 is 1.41 bits per heavy atom. The quantitative estimate of drug-likeness (QED) is 0.653. The molecule has 0 bridgehead atoms. The molecule has 0 aliphatic carbocycles. The monoisotopic (exact) mass is 244 g/mol. The molecule has 0 aromatic heterocycles. The van der Waals surface area contributed by atoms with Gasteiger partial charge in [0.05, 0.1) is 29.7 Å². The molecule has 1 aliphatic rings. The van der Waals surface area contributed by atoms with Gasteiger partial charge >= 0.3 is 0 Å². The average molecular weight is 244 g/mol. The third-order valence-corrected chi connectivity index (χ3v) is 2.52. The zero-order valence-corrected chi connectivity index (χ0v) is 8.78. The van der Waals surface area contributed by atoms with Gasteiger partial charge in [-0.05, 0) is 6.42 Å². The molecule has 1 saturated heterocycles. The summed E-state index contributed by atoms with van der Waals surface area (Å²) in [6.45, 7) is 0.907. The highest BCUT2D eigenvalue weighted by atomic mass is 19.1. The number of nitro groups is 1. The highest BCUT2D eigenvalue weighted by molar-refractivity contribution is 5.52. The molecule has 0 saturated carbocycles. The van der Waals surface area contributed by atoms with Crippen LogP contribution >= 0.6 is 0 Å². The van der Waals surface area contributed by atoms with Crippen LogP contribution in [0.5, 0.6) is 0 Å². The number of halogens is 2. The lowest BCUT2D eigenvalue weighted by Gasteiger charge is -2.13. The largest absolute Gasteiger partial charge is 0.379 e. The number of nitrogens with zero attached hydrogens (tertiary/aromatic N) is 1. The van der Waals surface area contributed by atoms with Crippen LogP contribution in [0.25, 0.3) is 0 Å². The molecule has 1 aliphatic heterocycles. The van der Waals surface area contributed by atoms with Crippen molar-refractivity contribution in [2.45, 2.75) is 12.5 Å². The number of nitro benzene ring substituents is 1. The third-order valence-electron chi connectivity index (χ3n) is 2.52. The molecule has 1 heterocycles. The summed E-state index contributed by atoms with van der Waals surface area (Å²) in [4.78, 5) is 9.55. The number of non-ortho nitro benzene ring substituents is 1. The van der Waals surface area contributed by atoms with Gasteiger partial charge in [-0.2, -0.15) is 0 Å². The molecule has 7 heteroatoms. The lowest BCUT2D eigenvalue weighted by molar-refractivity contribution is -0.385. The number of nitrogens with one attached hydrogen (secondary N) is 1. The molecule has 5 nitrogen and oxygen atoms in total. The maximum atomic E-state index is 13.5. The van der Waals surface area contributed by atoms with E-state index in [0.29, 0.717) is 31.8 Å². The summed E-state index contributed by atoms with van der Waals surface area (Å²) in [5, 5.41) is 13.0. The maximum Gasteiger partial charge on any atom is 0.275 e. The Morgan fingerprint density at radius 3 is 2.53 bits per heavy atom. The molecule has 1 atom stereocenters.